The number of carbonyl (C=O) groups excluding carboxylic acids is 2. The van der Waals surface area contributed by atoms with Crippen molar-refractivity contribution in [2.24, 2.45) is 0 Å². The predicted molar refractivity (Wildman–Crippen MR) is 81.2 cm³/mol. The zero-order valence-electron chi connectivity index (χ0n) is 12.6. The van der Waals surface area contributed by atoms with Gasteiger partial charge in [0.05, 0.1) is 12.1 Å². The molecular weight excluding hydrogens is 268 g/mol. The Morgan fingerprint density at radius 3 is 2.62 bits per heavy atom. The maximum atomic E-state index is 11.8. The molecule has 6 heteroatoms. The van der Waals surface area contributed by atoms with Gasteiger partial charge in [0.15, 0.2) is 0 Å². The zero-order valence-corrected chi connectivity index (χ0v) is 12.6. The monoisotopic (exact) mass is 292 g/mol. The standard InChI is InChI=1S/C15H24N4O2/c1-12-9-16-10-13(12)15(21)18-11-14(20)17-5-8-19-6-3-2-4-7-19/h9-10,16H,2-8,11H2,1H3,(H,17,20)(H,18,21). The number of H-pyrrole nitrogens is 1. The van der Waals surface area contributed by atoms with E-state index in [9.17, 15) is 9.59 Å². The van der Waals surface area contributed by atoms with Gasteiger partial charge in [-0.3, -0.25) is 9.59 Å². The fourth-order valence-corrected chi connectivity index (χ4v) is 2.54. The van der Waals surface area contributed by atoms with E-state index in [1.165, 1.54) is 19.3 Å². The SMILES string of the molecule is Cc1c[nH]cc1C(=O)NCC(=O)NCCN1CCCCC1. The maximum Gasteiger partial charge on any atom is 0.253 e. The van der Waals surface area contributed by atoms with Crippen LogP contribution in [0.5, 0.6) is 0 Å². The first-order chi connectivity index (χ1) is 10.2. The summed E-state index contributed by atoms with van der Waals surface area (Å²) in [6.07, 6.45) is 7.21. The number of carbonyl (C=O) groups is 2. The summed E-state index contributed by atoms with van der Waals surface area (Å²) in [5.41, 5.74) is 1.45. The first-order valence-corrected chi connectivity index (χ1v) is 7.57. The maximum absolute atomic E-state index is 11.8. The summed E-state index contributed by atoms with van der Waals surface area (Å²) in [6.45, 7) is 5.64. The first-order valence-electron chi connectivity index (χ1n) is 7.57. The van der Waals surface area contributed by atoms with Crippen LogP contribution in [-0.4, -0.2) is 54.4 Å². The van der Waals surface area contributed by atoms with Gasteiger partial charge in [-0.15, -0.1) is 0 Å². The van der Waals surface area contributed by atoms with Crippen LogP contribution in [0.1, 0.15) is 35.2 Å². The van der Waals surface area contributed by atoms with Gasteiger partial charge in [0.25, 0.3) is 5.91 Å². The molecule has 2 rings (SSSR count). The number of hydrogen-bond donors (Lipinski definition) is 3. The molecule has 1 fully saturated rings. The summed E-state index contributed by atoms with van der Waals surface area (Å²) < 4.78 is 0. The number of rotatable bonds is 6. The minimum atomic E-state index is -0.222. The molecule has 1 aromatic rings. The van der Waals surface area contributed by atoms with Crippen molar-refractivity contribution in [2.45, 2.75) is 26.2 Å². The molecule has 0 bridgehead atoms. The second-order valence-electron chi connectivity index (χ2n) is 5.49. The van der Waals surface area contributed by atoms with E-state index in [1.54, 1.807) is 12.4 Å². The molecule has 1 saturated heterocycles. The fourth-order valence-electron chi connectivity index (χ4n) is 2.54. The van der Waals surface area contributed by atoms with Crippen molar-refractivity contribution in [1.29, 1.82) is 0 Å². The number of nitrogens with zero attached hydrogens (tertiary/aromatic N) is 1. The molecule has 6 nitrogen and oxygen atoms in total. The topological polar surface area (TPSA) is 77.2 Å². The van der Waals surface area contributed by atoms with Crippen molar-refractivity contribution in [2.75, 3.05) is 32.7 Å². The molecule has 2 heterocycles. The number of likely N-dealkylation sites (tertiary alicyclic amines) is 1. The highest BCUT2D eigenvalue weighted by Crippen LogP contribution is 2.07. The summed E-state index contributed by atoms with van der Waals surface area (Å²) in [5.74, 6) is -0.367. The second kappa shape index (κ2) is 7.83. The number of aryl methyl sites for hydroxylation is 1. The minimum Gasteiger partial charge on any atom is -0.367 e. The summed E-state index contributed by atoms with van der Waals surface area (Å²) in [5, 5.41) is 5.47. The van der Waals surface area contributed by atoms with Gasteiger partial charge in [0.2, 0.25) is 5.91 Å². The van der Waals surface area contributed by atoms with Crippen molar-refractivity contribution in [3.05, 3.63) is 23.5 Å². The Hall–Kier alpha value is -1.82. The van der Waals surface area contributed by atoms with Gasteiger partial charge in [0.1, 0.15) is 0 Å². The molecule has 1 aliphatic rings. The Morgan fingerprint density at radius 2 is 1.95 bits per heavy atom. The Balaban J connectivity index is 1.61. The molecular formula is C15H24N4O2. The Bertz CT molecular complexity index is 478. The Kier molecular flexibility index (Phi) is 5.80. The van der Waals surface area contributed by atoms with Crippen molar-refractivity contribution in [3.63, 3.8) is 0 Å². The van der Waals surface area contributed by atoms with Crippen LogP contribution >= 0.6 is 0 Å². The van der Waals surface area contributed by atoms with Crippen molar-refractivity contribution in [3.8, 4) is 0 Å². The van der Waals surface area contributed by atoms with E-state index in [0.717, 1.165) is 25.2 Å². The van der Waals surface area contributed by atoms with Gasteiger partial charge >= 0.3 is 0 Å². The highest BCUT2D eigenvalue weighted by molar-refractivity contribution is 5.97. The van der Waals surface area contributed by atoms with Gasteiger partial charge in [-0.2, -0.15) is 0 Å². The van der Waals surface area contributed by atoms with Crippen LogP contribution in [0.15, 0.2) is 12.4 Å². The van der Waals surface area contributed by atoms with E-state index in [4.69, 9.17) is 0 Å². The molecule has 116 valence electrons. The molecule has 0 saturated carbocycles. The molecule has 1 aromatic heterocycles. The average Bonchev–Trinajstić information content (AvgIpc) is 2.92. The molecule has 0 aliphatic carbocycles. The number of aromatic nitrogens is 1. The molecule has 0 unspecified atom stereocenters. The van der Waals surface area contributed by atoms with Crippen LogP contribution < -0.4 is 10.6 Å². The normalized spacial score (nSPS) is 15.7. The molecule has 21 heavy (non-hydrogen) atoms. The third-order valence-electron chi connectivity index (χ3n) is 3.81. The van der Waals surface area contributed by atoms with Crippen LogP contribution in [0, 0.1) is 6.92 Å². The van der Waals surface area contributed by atoms with Gasteiger partial charge in [-0.25, -0.2) is 0 Å². The highest BCUT2D eigenvalue weighted by Gasteiger charge is 2.12. The lowest BCUT2D eigenvalue weighted by Gasteiger charge is -2.26. The average molecular weight is 292 g/mol. The third kappa shape index (κ3) is 4.90. The number of piperidine rings is 1. The largest absolute Gasteiger partial charge is 0.367 e. The van der Waals surface area contributed by atoms with E-state index < -0.39 is 0 Å². The molecule has 0 radical (unpaired) electrons. The van der Waals surface area contributed by atoms with Crippen molar-refractivity contribution >= 4 is 11.8 Å². The van der Waals surface area contributed by atoms with E-state index in [1.807, 2.05) is 6.92 Å². The minimum absolute atomic E-state index is 0.0173. The summed E-state index contributed by atoms with van der Waals surface area (Å²) >= 11 is 0. The predicted octanol–water partition coefficient (Wildman–Crippen LogP) is 0.655. The van der Waals surface area contributed by atoms with Crippen molar-refractivity contribution < 1.29 is 9.59 Å². The number of amides is 2. The lowest BCUT2D eigenvalue weighted by atomic mass is 10.1. The lowest BCUT2D eigenvalue weighted by Crippen LogP contribution is -2.41. The van der Waals surface area contributed by atoms with Crippen LogP contribution in [-0.2, 0) is 4.79 Å². The second-order valence-corrected chi connectivity index (χ2v) is 5.49. The third-order valence-corrected chi connectivity index (χ3v) is 3.81. The molecule has 2 amide bonds. The molecule has 1 aliphatic heterocycles. The van der Waals surface area contributed by atoms with Crippen LogP contribution in [0.4, 0.5) is 0 Å². The van der Waals surface area contributed by atoms with Gasteiger partial charge < -0.3 is 20.5 Å². The van der Waals surface area contributed by atoms with Gasteiger partial charge in [-0.1, -0.05) is 6.42 Å². The van der Waals surface area contributed by atoms with Gasteiger partial charge in [0, 0.05) is 25.5 Å². The van der Waals surface area contributed by atoms with E-state index >= 15 is 0 Å². The zero-order chi connectivity index (χ0) is 15.1. The Morgan fingerprint density at radius 1 is 1.19 bits per heavy atom. The smallest absolute Gasteiger partial charge is 0.253 e. The summed E-state index contributed by atoms with van der Waals surface area (Å²) in [6, 6.07) is 0. The molecule has 0 spiro atoms. The Labute approximate surface area is 125 Å². The van der Waals surface area contributed by atoms with Crippen LogP contribution in [0.3, 0.4) is 0 Å². The number of nitrogens with one attached hydrogen (secondary N) is 3. The van der Waals surface area contributed by atoms with Gasteiger partial charge in [-0.05, 0) is 38.4 Å². The fraction of sp³-hybridized carbons (Fsp3) is 0.600. The molecule has 0 atom stereocenters. The van der Waals surface area contributed by atoms with E-state index in [-0.39, 0.29) is 18.4 Å². The molecule has 3 N–H and O–H groups in total. The van der Waals surface area contributed by atoms with Crippen LogP contribution in [0.25, 0.3) is 0 Å². The highest BCUT2D eigenvalue weighted by atomic mass is 16.2. The quantitative estimate of drug-likeness (QED) is 0.720. The van der Waals surface area contributed by atoms with E-state index in [2.05, 4.69) is 20.5 Å². The first kappa shape index (κ1) is 15.6. The number of aromatic amines is 1. The van der Waals surface area contributed by atoms with Crippen molar-refractivity contribution in [1.82, 2.24) is 20.5 Å². The number of hydrogen-bond acceptors (Lipinski definition) is 3. The van der Waals surface area contributed by atoms with E-state index in [0.29, 0.717) is 12.1 Å². The lowest BCUT2D eigenvalue weighted by molar-refractivity contribution is -0.120. The molecule has 0 aromatic carbocycles. The summed E-state index contributed by atoms with van der Waals surface area (Å²) in [7, 11) is 0. The summed E-state index contributed by atoms with van der Waals surface area (Å²) in [4.78, 5) is 28.8. The van der Waals surface area contributed by atoms with Crippen LogP contribution in [0.2, 0.25) is 0 Å².